The first-order valence-corrected chi connectivity index (χ1v) is 5.85. The Hall–Kier alpha value is -1.35. The van der Waals surface area contributed by atoms with Crippen LogP contribution in [0.15, 0.2) is 36.1 Å². The molecule has 0 bridgehead atoms. The first-order valence-electron chi connectivity index (χ1n) is 5.85. The van der Waals surface area contributed by atoms with E-state index in [-0.39, 0.29) is 19.3 Å². The number of rotatable bonds is 2. The molecular weight excluding hydrogens is 214 g/mol. The molecule has 1 N–H and O–H groups in total. The van der Waals surface area contributed by atoms with Crippen molar-refractivity contribution in [1.29, 1.82) is 0 Å². The summed E-state index contributed by atoms with van der Waals surface area (Å²) in [7, 11) is 0. The quantitative estimate of drug-likeness (QED) is 0.590. The van der Waals surface area contributed by atoms with E-state index in [1.165, 1.54) is 17.6 Å². The van der Waals surface area contributed by atoms with Crippen LogP contribution >= 0.6 is 0 Å². The molecule has 0 aromatic rings. The van der Waals surface area contributed by atoms with Crippen molar-refractivity contribution in [1.82, 2.24) is 5.06 Å². The molecule has 0 aromatic heterocycles. The molecule has 0 radical (unpaired) electrons. The van der Waals surface area contributed by atoms with E-state index in [1.807, 2.05) is 6.08 Å². The van der Waals surface area contributed by atoms with E-state index < -0.39 is 0 Å². The van der Waals surface area contributed by atoms with Crippen molar-refractivity contribution in [2.45, 2.75) is 45.6 Å². The third-order valence-corrected chi connectivity index (χ3v) is 3.14. The van der Waals surface area contributed by atoms with E-state index in [0.29, 0.717) is 5.57 Å². The lowest BCUT2D eigenvalue weighted by Gasteiger charge is -2.28. The summed E-state index contributed by atoms with van der Waals surface area (Å²) in [4.78, 5) is 11.5. The monoisotopic (exact) mass is 235 g/mol. The molecule has 0 unspecified atom stereocenters. The molecule has 0 saturated heterocycles. The van der Waals surface area contributed by atoms with Gasteiger partial charge in [-0.3, -0.25) is 15.1 Å². The molecular formula is C14H21NO2. The van der Waals surface area contributed by atoms with Gasteiger partial charge in [-0.25, -0.2) is 0 Å². The van der Waals surface area contributed by atoms with Gasteiger partial charge in [-0.15, -0.1) is 0 Å². The lowest BCUT2D eigenvalue weighted by molar-refractivity contribution is -0.112. The van der Waals surface area contributed by atoms with Gasteiger partial charge in [0.25, 0.3) is 0 Å². The van der Waals surface area contributed by atoms with Crippen LogP contribution < -0.4 is 0 Å². The van der Waals surface area contributed by atoms with Crippen LogP contribution in [0.2, 0.25) is 0 Å². The second kappa shape index (κ2) is 6.40. The fourth-order valence-electron chi connectivity index (χ4n) is 2.18. The maximum Gasteiger partial charge on any atom is 0.187 e. The molecule has 0 heterocycles. The van der Waals surface area contributed by atoms with Gasteiger partial charge in [0, 0.05) is 11.8 Å². The van der Waals surface area contributed by atoms with Crippen molar-refractivity contribution >= 4 is 5.78 Å². The predicted molar refractivity (Wildman–Crippen MR) is 68.6 cm³/mol. The summed E-state index contributed by atoms with van der Waals surface area (Å²) in [6, 6.07) is 0.174. The minimum atomic E-state index is -0.0441. The SMILES string of the molecule is C.O=C1C=CC=CC1=CN(O)C1CCCCC1. The molecule has 0 aliphatic heterocycles. The minimum absolute atomic E-state index is 0. The van der Waals surface area contributed by atoms with E-state index >= 15 is 0 Å². The Balaban J connectivity index is 0.00000144. The van der Waals surface area contributed by atoms with Crippen LogP contribution in [-0.2, 0) is 4.79 Å². The van der Waals surface area contributed by atoms with Crippen LogP contribution in [0.4, 0.5) is 0 Å². The van der Waals surface area contributed by atoms with Crippen LogP contribution in [0.5, 0.6) is 0 Å². The van der Waals surface area contributed by atoms with Gasteiger partial charge in [-0.1, -0.05) is 38.8 Å². The number of hydrogen-bond acceptors (Lipinski definition) is 3. The lowest BCUT2D eigenvalue weighted by atomic mass is 9.95. The fraction of sp³-hybridized carbons (Fsp3) is 0.500. The van der Waals surface area contributed by atoms with Gasteiger partial charge in [-0.2, -0.15) is 0 Å². The Bertz CT molecular complexity index is 349. The van der Waals surface area contributed by atoms with E-state index in [4.69, 9.17) is 0 Å². The zero-order chi connectivity index (χ0) is 11.4. The Morgan fingerprint density at radius 3 is 2.47 bits per heavy atom. The molecule has 2 aliphatic rings. The Labute approximate surface area is 103 Å². The molecule has 0 amide bonds. The highest BCUT2D eigenvalue weighted by Gasteiger charge is 2.18. The first-order chi connectivity index (χ1) is 7.77. The summed E-state index contributed by atoms with van der Waals surface area (Å²) >= 11 is 0. The first kappa shape index (κ1) is 13.7. The van der Waals surface area contributed by atoms with Gasteiger partial charge in [0.05, 0.1) is 6.04 Å². The van der Waals surface area contributed by atoms with Gasteiger partial charge in [-0.05, 0) is 25.0 Å². The van der Waals surface area contributed by atoms with Crippen molar-refractivity contribution in [3.63, 3.8) is 0 Å². The Morgan fingerprint density at radius 1 is 1.18 bits per heavy atom. The largest absolute Gasteiger partial charge is 0.289 e. The second-order valence-corrected chi connectivity index (χ2v) is 4.34. The highest BCUT2D eigenvalue weighted by Crippen LogP contribution is 2.22. The maximum absolute atomic E-state index is 11.5. The number of ketones is 1. The molecule has 0 spiro atoms. The number of allylic oxidation sites excluding steroid dienone is 5. The summed E-state index contributed by atoms with van der Waals surface area (Å²) in [6.45, 7) is 0. The van der Waals surface area contributed by atoms with Crippen LogP contribution in [0.25, 0.3) is 0 Å². The lowest BCUT2D eigenvalue weighted by Crippen LogP contribution is -2.30. The molecule has 0 atom stereocenters. The van der Waals surface area contributed by atoms with Gasteiger partial charge >= 0.3 is 0 Å². The second-order valence-electron chi connectivity index (χ2n) is 4.34. The van der Waals surface area contributed by atoms with Crippen molar-refractivity contribution in [3.8, 4) is 0 Å². The van der Waals surface area contributed by atoms with Crippen LogP contribution in [-0.4, -0.2) is 22.1 Å². The smallest absolute Gasteiger partial charge is 0.187 e. The fourth-order valence-corrected chi connectivity index (χ4v) is 2.18. The van der Waals surface area contributed by atoms with Gasteiger partial charge < -0.3 is 0 Å². The third kappa shape index (κ3) is 3.56. The average molecular weight is 235 g/mol. The summed E-state index contributed by atoms with van der Waals surface area (Å²) in [5.74, 6) is -0.0441. The molecule has 94 valence electrons. The minimum Gasteiger partial charge on any atom is -0.289 e. The topological polar surface area (TPSA) is 40.5 Å². The summed E-state index contributed by atoms with van der Waals surface area (Å²) < 4.78 is 0. The van der Waals surface area contributed by atoms with Gasteiger partial charge in [0.1, 0.15) is 0 Å². The number of hydroxylamine groups is 2. The van der Waals surface area contributed by atoms with Gasteiger partial charge in [0.15, 0.2) is 5.78 Å². The van der Waals surface area contributed by atoms with Crippen molar-refractivity contribution in [3.05, 3.63) is 36.1 Å². The van der Waals surface area contributed by atoms with Crippen molar-refractivity contribution < 1.29 is 10.0 Å². The number of carbonyl (C=O) groups is 1. The predicted octanol–water partition coefficient (Wildman–Crippen LogP) is 3.23. The molecule has 3 heteroatoms. The van der Waals surface area contributed by atoms with E-state index in [2.05, 4.69) is 0 Å². The van der Waals surface area contributed by atoms with Crippen LogP contribution in [0.1, 0.15) is 39.5 Å². The summed E-state index contributed by atoms with van der Waals surface area (Å²) in [5, 5.41) is 11.1. The van der Waals surface area contributed by atoms with Gasteiger partial charge in [0.2, 0.25) is 0 Å². The Morgan fingerprint density at radius 2 is 1.82 bits per heavy atom. The van der Waals surface area contributed by atoms with E-state index in [9.17, 15) is 10.0 Å². The van der Waals surface area contributed by atoms with E-state index in [1.54, 1.807) is 18.4 Å². The molecule has 3 nitrogen and oxygen atoms in total. The molecule has 17 heavy (non-hydrogen) atoms. The normalized spacial score (nSPS) is 22.6. The molecule has 1 fully saturated rings. The number of hydrogen-bond donors (Lipinski definition) is 1. The summed E-state index contributed by atoms with van der Waals surface area (Å²) in [5.41, 5.74) is 0.551. The Kier molecular flexibility index (Phi) is 5.16. The highest BCUT2D eigenvalue weighted by molar-refractivity contribution is 6.07. The standard InChI is InChI=1S/C13H17NO2.CH4/c15-13-9-5-4-6-11(13)10-14(16)12-7-2-1-3-8-12;/h4-6,9-10,12,16H,1-3,7-8H2;1H4. The van der Waals surface area contributed by atoms with Crippen LogP contribution in [0.3, 0.4) is 0 Å². The average Bonchev–Trinajstić information content (AvgIpc) is 2.33. The molecule has 0 aromatic carbocycles. The summed E-state index contributed by atoms with van der Waals surface area (Å²) in [6.07, 6.45) is 13.9. The third-order valence-electron chi connectivity index (χ3n) is 3.14. The molecule has 2 aliphatic carbocycles. The maximum atomic E-state index is 11.5. The number of nitrogens with zero attached hydrogens (tertiary/aromatic N) is 1. The van der Waals surface area contributed by atoms with E-state index in [0.717, 1.165) is 25.7 Å². The zero-order valence-electron chi connectivity index (χ0n) is 9.30. The molecule has 2 rings (SSSR count). The molecule has 1 saturated carbocycles. The highest BCUT2D eigenvalue weighted by atomic mass is 16.5. The number of carbonyl (C=O) groups excluding carboxylic acids is 1. The van der Waals surface area contributed by atoms with Crippen LogP contribution in [0, 0.1) is 0 Å². The zero-order valence-corrected chi connectivity index (χ0v) is 9.30. The van der Waals surface area contributed by atoms with Crippen molar-refractivity contribution in [2.24, 2.45) is 0 Å². The van der Waals surface area contributed by atoms with Crippen molar-refractivity contribution in [2.75, 3.05) is 0 Å².